The zero-order valence-corrected chi connectivity index (χ0v) is 10.6. The fourth-order valence-electron chi connectivity index (χ4n) is 2.24. The first-order chi connectivity index (χ1) is 8.60. The van der Waals surface area contributed by atoms with Crippen LogP contribution in [0, 0.1) is 11.3 Å². The van der Waals surface area contributed by atoms with Gasteiger partial charge in [-0.3, -0.25) is 0 Å². The number of ether oxygens (including phenoxy) is 2. The van der Waals surface area contributed by atoms with E-state index in [-0.39, 0.29) is 18.3 Å². The monoisotopic (exact) mass is 247 g/mol. The zero-order valence-electron chi connectivity index (χ0n) is 10.6. The number of hydrogen-bond acceptors (Lipinski definition) is 5. The van der Waals surface area contributed by atoms with Crippen LogP contribution in [-0.4, -0.2) is 23.3 Å². The van der Waals surface area contributed by atoms with Gasteiger partial charge in [-0.15, -0.1) is 0 Å². The van der Waals surface area contributed by atoms with Gasteiger partial charge >= 0.3 is 0 Å². The molecule has 1 aliphatic heterocycles. The molecule has 18 heavy (non-hydrogen) atoms. The third-order valence-corrected chi connectivity index (χ3v) is 3.01. The van der Waals surface area contributed by atoms with Gasteiger partial charge in [0, 0.05) is 19.0 Å². The van der Waals surface area contributed by atoms with Crippen molar-refractivity contribution in [3.05, 3.63) is 17.8 Å². The molecule has 0 aliphatic carbocycles. The minimum absolute atomic E-state index is 0.0347. The molecule has 2 atom stereocenters. The standard InChI is InChI=1S/C13H17N3O2/c1-8-5-11(6-9(2)17-8)18-13-12(15)10(7-14)3-4-16-13/h3-4,8-9,11H,5-6,15H2,1-2H3. The molecule has 2 unspecified atom stereocenters. The number of pyridine rings is 1. The number of nitrogen functional groups attached to an aromatic ring is 1. The number of nitriles is 1. The topological polar surface area (TPSA) is 81.2 Å². The third kappa shape index (κ3) is 2.71. The summed E-state index contributed by atoms with van der Waals surface area (Å²) in [5, 5.41) is 8.90. The number of hydrogen-bond donors (Lipinski definition) is 1. The second-order valence-corrected chi connectivity index (χ2v) is 4.66. The lowest BCUT2D eigenvalue weighted by Crippen LogP contribution is -2.36. The van der Waals surface area contributed by atoms with Crippen molar-refractivity contribution >= 4 is 5.69 Å². The molecule has 1 aromatic heterocycles. The van der Waals surface area contributed by atoms with Crippen LogP contribution in [0.1, 0.15) is 32.3 Å². The van der Waals surface area contributed by atoms with Crippen LogP contribution in [0.15, 0.2) is 12.3 Å². The highest BCUT2D eigenvalue weighted by Gasteiger charge is 2.26. The molecule has 1 aromatic rings. The van der Waals surface area contributed by atoms with Crippen molar-refractivity contribution in [2.45, 2.75) is 45.0 Å². The first-order valence-electron chi connectivity index (χ1n) is 6.07. The van der Waals surface area contributed by atoms with Crippen molar-refractivity contribution in [2.24, 2.45) is 0 Å². The fraction of sp³-hybridized carbons (Fsp3) is 0.538. The molecule has 2 rings (SSSR count). The van der Waals surface area contributed by atoms with Gasteiger partial charge in [0.2, 0.25) is 5.88 Å². The maximum Gasteiger partial charge on any atom is 0.238 e. The van der Waals surface area contributed by atoms with Crippen LogP contribution < -0.4 is 10.5 Å². The molecule has 96 valence electrons. The Kier molecular flexibility index (Phi) is 3.68. The molecule has 0 aromatic carbocycles. The Morgan fingerprint density at radius 1 is 1.44 bits per heavy atom. The van der Waals surface area contributed by atoms with Gasteiger partial charge in [0.15, 0.2) is 0 Å². The summed E-state index contributed by atoms with van der Waals surface area (Å²) in [6.07, 6.45) is 3.52. The molecule has 5 heteroatoms. The first kappa shape index (κ1) is 12.7. The highest BCUT2D eigenvalue weighted by atomic mass is 16.5. The zero-order chi connectivity index (χ0) is 13.1. The predicted octanol–water partition coefficient (Wildman–Crippen LogP) is 1.87. The van der Waals surface area contributed by atoms with Gasteiger partial charge in [-0.05, 0) is 19.9 Å². The number of nitrogens with zero attached hydrogens (tertiary/aromatic N) is 2. The van der Waals surface area contributed by atoms with E-state index in [9.17, 15) is 0 Å². The predicted molar refractivity (Wildman–Crippen MR) is 67.0 cm³/mol. The van der Waals surface area contributed by atoms with E-state index in [1.165, 1.54) is 6.20 Å². The summed E-state index contributed by atoms with van der Waals surface area (Å²) in [6, 6.07) is 3.60. The summed E-state index contributed by atoms with van der Waals surface area (Å²) in [5.41, 5.74) is 6.55. The van der Waals surface area contributed by atoms with E-state index in [0.29, 0.717) is 17.1 Å². The Balaban J connectivity index is 2.12. The summed E-state index contributed by atoms with van der Waals surface area (Å²) in [7, 11) is 0. The molecule has 0 saturated carbocycles. The minimum atomic E-state index is 0.0347. The lowest BCUT2D eigenvalue weighted by atomic mass is 10.0. The van der Waals surface area contributed by atoms with Crippen molar-refractivity contribution in [1.29, 1.82) is 5.26 Å². The van der Waals surface area contributed by atoms with Crippen LogP contribution >= 0.6 is 0 Å². The van der Waals surface area contributed by atoms with Gasteiger partial charge in [0.1, 0.15) is 17.9 Å². The first-order valence-corrected chi connectivity index (χ1v) is 6.07. The highest BCUT2D eigenvalue weighted by Crippen LogP contribution is 2.27. The second kappa shape index (κ2) is 5.23. The molecule has 1 fully saturated rings. The van der Waals surface area contributed by atoms with Gasteiger partial charge in [0.05, 0.1) is 17.8 Å². The summed E-state index contributed by atoms with van der Waals surface area (Å²) in [6.45, 7) is 4.04. The Morgan fingerprint density at radius 2 is 2.11 bits per heavy atom. The van der Waals surface area contributed by atoms with Crippen LogP contribution in [0.3, 0.4) is 0 Å². The van der Waals surface area contributed by atoms with Gasteiger partial charge < -0.3 is 15.2 Å². The van der Waals surface area contributed by atoms with E-state index in [1.54, 1.807) is 6.07 Å². The average Bonchev–Trinajstić information content (AvgIpc) is 2.30. The number of rotatable bonds is 2. The van der Waals surface area contributed by atoms with E-state index >= 15 is 0 Å². The summed E-state index contributed by atoms with van der Waals surface area (Å²) in [4.78, 5) is 4.09. The van der Waals surface area contributed by atoms with Crippen molar-refractivity contribution in [2.75, 3.05) is 5.73 Å². The molecule has 2 heterocycles. The van der Waals surface area contributed by atoms with Gasteiger partial charge in [-0.1, -0.05) is 0 Å². The Bertz CT molecular complexity index is 460. The third-order valence-electron chi connectivity index (χ3n) is 3.01. The lowest BCUT2D eigenvalue weighted by molar-refractivity contribution is -0.0728. The molecule has 0 radical (unpaired) electrons. The van der Waals surface area contributed by atoms with Crippen LogP contribution in [0.4, 0.5) is 5.69 Å². The summed E-state index contributed by atoms with van der Waals surface area (Å²) in [5.74, 6) is 0.348. The molecule has 0 bridgehead atoms. The maximum atomic E-state index is 8.90. The van der Waals surface area contributed by atoms with E-state index in [2.05, 4.69) is 4.98 Å². The number of aromatic nitrogens is 1. The quantitative estimate of drug-likeness (QED) is 0.862. The normalized spacial score (nSPS) is 27.5. The Hall–Kier alpha value is -1.80. The largest absolute Gasteiger partial charge is 0.473 e. The van der Waals surface area contributed by atoms with Gasteiger partial charge in [-0.25, -0.2) is 4.98 Å². The van der Waals surface area contributed by atoms with Crippen molar-refractivity contribution in [3.8, 4) is 11.9 Å². The summed E-state index contributed by atoms with van der Waals surface area (Å²) >= 11 is 0. The van der Waals surface area contributed by atoms with Crippen molar-refractivity contribution in [1.82, 2.24) is 4.98 Å². The van der Waals surface area contributed by atoms with E-state index in [4.69, 9.17) is 20.5 Å². The van der Waals surface area contributed by atoms with Crippen LogP contribution in [0.25, 0.3) is 0 Å². The smallest absolute Gasteiger partial charge is 0.238 e. The van der Waals surface area contributed by atoms with E-state index in [1.807, 2.05) is 19.9 Å². The van der Waals surface area contributed by atoms with Crippen molar-refractivity contribution in [3.63, 3.8) is 0 Å². The molecule has 2 N–H and O–H groups in total. The second-order valence-electron chi connectivity index (χ2n) is 4.66. The van der Waals surface area contributed by atoms with Gasteiger partial charge in [0.25, 0.3) is 0 Å². The molecule has 1 aliphatic rings. The molecule has 5 nitrogen and oxygen atoms in total. The number of anilines is 1. The Labute approximate surface area is 107 Å². The SMILES string of the molecule is CC1CC(Oc2nccc(C#N)c2N)CC(C)O1. The molecule has 0 amide bonds. The van der Waals surface area contributed by atoms with Crippen LogP contribution in [0.5, 0.6) is 5.88 Å². The summed E-state index contributed by atoms with van der Waals surface area (Å²) < 4.78 is 11.4. The van der Waals surface area contributed by atoms with Crippen LogP contribution in [-0.2, 0) is 4.74 Å². The maximum absolute atomic E-state index is 8.90. The molecule has 0 spiro atoms. The molecule has 1 saturated heterocycles. The molecular weight excluding hydrogens is 230 g/mol. The fourth-order valence-corrected chi connectivity index (χ4v) is 2.24. The number of nitrogens with two attached hydrogens (primary N) is 1. The van der Waals surface area contributed by atoms with E-state index in [0.717, 1.165) is 12.8 Å². The van der Waals surface area contributed by atoms with Crippen LogP contribution in [0.2, 0.25) is 0 Å². The average molecular weight is 247 g/mol. The minimum Gasteiger partial charge on any atom is -0.473 e. The Morgan fingerprint density at radius 3 is 2.72 bits per heavy atom. The molecular formula is C13H17N3O2. The van der Waals surface area contributed by atoms with Crippen molar-refractivity contribution < 1.29 is 9.47 Å². The van der Waals surface area contributed by atoms with E-state index < -0.39 is 0 Å². The highest BCUT2D eigenvalue weighted by molar-refractivity contribution is 5.59. The lowest BCUT2D eigenvalue weighted by Gasteiger charge is -2.32. The van der Waals surface area contributed by atoms with Gasteiger partial charge in [-0.2, -0.15) is 5.26 Å².